The van der Waals surface area contributed by atoms with Gasteiger partial charge in [-0.15, -0.1) is 0 Å². The molecular weight excluding hydrogens is 368 g/mol. The Bertz CT molecular complexity index is 867. The van der Waals surface area contributed by atoms with Crippen LogP contribution in [0.3, 0.4) is 0 Å². The van der Waals surface area contributed by atoms with E-state index in [9.17, 15) is 9.59 Å². The van der Waals surface area contributed by atoms with Gasteiger partial charge in [-0.05, 0) is 23.3 Å². The first-order valence-electron chi connectivity index (χ1n) is 8.34. The summed E-state index contributed by atoms with van der Waals surface area (Å²) in [7, 11) is 1.49. The first kappa shape index (κ1) is 18.9. The average molecular weight is 387 g/mol. The SMILES string of the molecule is COCC1=C(C(=O)OCc2ccccc2)C(c2cccc(Cl)c2)NC(=O)N1. The van der Waals surface area contributed by atoms with Gasteiger partial charge in [-0.1, -0.05) is 54.1 Å². The molecule has 0 aliphatic carbocycles. The normalized spacial score (nSPS) is 16.5. The Balaban J connectivity index is 1.92. The maximum absolute atomic E-state index is 12.9. The summed E-state index contributed by atoms with van der Waals surface area (Å²) < 4.78 is 10.6. The molecule has 0 bridgehead atoms. The Morgan fingerprint density at radius 3 is 2.59 bits per heavy atom. The first-order valence-corrected chi connectivity index (χ1v) is 8.72. The van der Waals surface area contributed by atoms with Gasteiger partial charge in [-0.3, -0.25) is 0 Å². The van der Waals surface area contributed by atoms with Crippen molar-refractivity contribution in [2.45, 2.75) is 12.6 Å². The molecule has 1 unspecified atom stereocenters. The second kappa shape index (κ2) is 8.70. The van der Waals surface area contributed by atoms with Crippen molar-refractivity contribution in [2.75, 3.05) is 13.7 Å². The van der Waals surface area contributed by atoms with Crippen LogP contribution in [0, 0.1) is 0 Å². The Kier molecular flexibility index (Phi) is 6.11. The van der Waals surface area contributed by atoms with Crippen molar-refractivity contribution < 1.29 is 19.1 Å². The third kappa shape index (κ3) is 4.67. The van der Waals surface area contributed by atoms with Crippen LogP contribution in [0.25, 0.3) is 0 Å². The maximum Gasteiger partial charge on any atom is 0.338 e. The van der Waals surface area contributed by atoms with Gasteiger partial charge in [-0.25, -0.2) is 9.59 Å². The number of amides is 2. The monoisotopic (exact) mass is 386 g/mol. The van der Waals surface area contributed by atoms with Crippen LogP contribution >= 0.6 is 11.6 Å². The van der Waals surface area contributed by atoms with Gasteiger partial charge < -0.3 is 20.1 Å². The molecule has 1 heterocycles. The number of benzene rings is 2. The zero-order valence-electron chi connectivity index (χ0n) is 14.7. The third-order valence-corrected chi connectivity index (χ3v) is 4.29. The van der Waals surface area contributed by atoms with Gasteiger partial charge in [0.25, 0.3) is 0 Å². The van der Waals surface area contributed by atoms with E-state index in [1.807, 2.05) is 30.3 Å². The third-order valence-electron chi connectivity index (χ3n) is 4.06. The molecule has 0 saturated carbocycles. The molecule has 1 aliphatic heterocycles. The number of urea groups is 1. The average Bonchev–Trinajstić information content (AvgIpc) is 2.67. The highest BCUT2D eigenvalue weighted by Crippen LogP contribution is 2.29. The van der Waals surface area contributed by atoms with Gasteiger partial charge in [0.1, 0.15) is 6.61 Å². The minimum Gasteiger partial charge on any atom is -0.457 e. The summed E-state index contributed by atoms with van der Waals surface area (Å²) in [6.45, 7) is 0.194. The van der Waals surface area contributed by atoms with Gasteiger partial charge in [0.15, 0.2) is 0 Å². The number of rotatable bonds is 6. The van der Waals surface area contributed by atoms with Crippen LogP contribution in [0.1, 0.15) is 17.2 Å². The Hall–Kier alpha value is -2.83. The molecule has 2 amide bonds. The standard InChI is InChI=1S/C20H19ClN2O4/c1-26-12-16-17(19(24)27-11-13-6-3-2-4-7-13)18(23-20(25)22-16)14-8-5-9-15(21)10-14/h2-10,18H,11-12H2,1H3,(H2,22,23,25). The molecule has 1 aliphatic rings. The van der Waals surface area contributed by atoms with Gasteiger partial charge in [0.05, 0.1) is 23.9 Å². The van der Waals surface area contributed by atoms with Crippen LogP contribution in [0.5, 0.6) is 0 Å². The number of methoxy groups -OCH3 is 1. The van der Waals surface area contributed by atoms with E-state index in [0.717, 1.165) is 5.56 Å². The van der Waals surface area contributed by atoms with E-state index in [2.05, 4.69) is 10.6 Å². The van der Waals surface area contributed by atoms with Crippen molar-refractivity contribution in [3.8, 4) is 0 Å². The number of nitrogens with one attached hydrogen (secondary N) is 2. The fraction of sp³-hybridized carbons (Fsp3) is 0.200. The molecular formula is C20H19ClN2O4. The van der Waals surface area contributed by atoms with E-state index in [0.29, 0.717) is 16.3 Å². The van der Waals surface area contributed by atoms with Crippen LogP contribution in [-0.2, 0) is 20.9 Å². The van der Waals surface area contributed by atoms with Crippen LogP contribution in [-0.4, -0.2) is 25.7 Å². The van der Waals surface area contributed by atoms with Gasteiger partial charge in [0, 0.05) is 12.1 Å². The molecule has 140 valence electrons. The first-order chi connectivity index (χ1) is 13.1. The zero-order valence-corrected chi connectivity index (χ0v) is 15.5. The minimum atomic E-state index is -0.689. The molecule has 0 spiro atoms. The summed E-state index contributed by atoms with van der Waals surface area (Å²) in [6.07, 6.45) is 0. The highest BCUT2D eigenvalue weighted by atomic mass is 35.5. The van der Waals surface area contributed by atoms with Crippen LogP contribution in [0.15, 0.2) is 65.9 Å². The number of ether oxygens (including phenoxy) is 2. The molecule has 0 saturated heterocycles. The molecule has 1 atom stereocenters. The highest BCUT2D eigenvalue weighted by Gasteiger charge is 2.33. The molecule has 2 aromatic carbocycles. The lowest BCUT2D eigenvalue weighted by Gasteiger charge is -2.29. The summed E-state index contributed by atoms with van der Waals surface area (Å²) in [4.78, 5) is 24.9. The summed E-state index contributed by atoms with van der Waals surface area (Å²) in [6, 6.07) is 15.2. The number of halogens is 1. The van der Waals surface area contributed by atoms with Crippen molar-refractivity contribution in [3.05, 3.63) is 82.0 Å². The van der Waals surface area contributed by atoms with Crippen molar-refractivity contribution in [2.24, 2.45) is 0 Å². The molecule has 6 nitrogen and oxygen atoms in total. The number of hydrogen-bond donors (Lipinski definition) is 2. The fourth-order valence-electron chi connectivity index (χ4n) is 2.85. The van der Waals surface area contributed by atoms with Crippen LogP contribution in [0.4, 0.5) is 4.79 Å². The fourth-order valence-corrected chi connectivity index (χ4v) is 3.05. The van der Waals surface area contributed by atoms with E-state index in [1.165, 1.54) is 7.11 Å². The molecule has 27 heavy (non-hydrogen) atoms. The molecule has 3 rings (SSSR count). The number of esters is 1. The largest absolute Gasteiger partial charge is 0.457 e. The predicted octanol–water partition coefficient (Wildman–Crippen LogP) is 3.34. The van der Waals surface area contributed by atoms with Crippen molar-refractivity contribution in [1.82, 2.24) is 10.6 Å². The molecule has 7 heteroatoms. The molecule has 2 N–H and O–H groups in total. The van der Waals surface area contributed by atoms with Crippen LogP contribution < -0.4 is 10.6 Å². The summed E-state index contributed by atoms with van der Waals surface area (Å²) in [5.74, 6) is -0.539. The quantitative estimate of drug-likeness (QED) is 0.746. The number of hydrogen-bond acceptors (Lipinski definition) is 4. The van der Waals surface area contributed by atoms with Gasteiger partial charge in [-0.2, -0.15) is 0 Å². The number of carbonyl (C=O) groups is 2. The van der Waals surface area contributed by atoms with Crippen molar-refractivity contribution in [3.63, 3.8) is 0 Å². The predicted molar refractivity (Wildman–Crippen MR) is 101 cm³/mol. The lowest BCUT2D eigenvalue weighted by Crippen LogP contribution is -2.46. The highest BCUT2D eigenvalue weighted by molar-refractivity contribution is 6.30. The summed E-state index contributed by atoms with van der Waals surface area (Å²) in [5.41, 5.74) is 2.20. The summed E-state index contributed by atoms with van der Waals surface area (Å²) >= 11 is 6.08. The van der Waals surface area contributed by atoms with Gasteiger partial charge in [0.2, 0.25) is 0 Å². The second-order valence-corrected chi connectivity index (χ2v) is 6.41. The molecule has 0 aromatic heterocycles. The Labute approximate surface area is 162 Å². The Morgan fingerprint density at radius 1 is 1.11 bits per heavy atom. The topological polar surface area (TPSA) is 76.7 Å². The lowest BCUT2D eigenvalue weighted by atomic mass is 9.95. The maximum atomic E-state index is 12.9. The van der Waals surface area contributed by atoms with Gasteiger partial charge >= 0.3 is 12.0 Å². The van der Waals surface area contributed by atoms with E-state index in [-0.39, 0.29) is 18.8 Å². The van der Waals surface area contributed by atoms with Crippen molar-refractivity contribution in [1.29, 1.82) is 0 Å². The zero-order chi connectivity index (χ0) is 19.2. The molecule has 0 radical (unpaired) electrons. The van der Waals surface area contributed by atoms with E-state index in [1.54, 1.807) is 24.3 Å². The van der Waals surface area contributed by atoms with E-state index < -0.39 is 18.0 Å². The van der Waals surface area contributed by atoms with E-state index in [4.69, 9.17) is 21.1 Å². The molecule has 2 aromatic rings. The van der Waals surface area contributed by atoms with Crippen LogP contribution in [0.2, 0.25) is 5.02 Å². The minimum absolute atomic E-state index is 0.0697. The van der Waals surface area contributed by atoms with Crippen molar-refractivity contribution >= 4 is 23.6 Å². The Morgan fingerprint density at radius 2 is 1.89 bits per heavy atom. The molecule has 0 fully saturated rings. The smallest absolute Gasteiger partial charge is 0.338 e. The van der Waals surface area contributed by atoms with E-state index >= 15 is 0 Å². The number of carbonyl (C=O) groups excluding carboxylic acids is 2. The summed E-state index contributed by atoms with van der Waals surface area (Å²) in [5, 5.41) is 5.89. The lowest BCUT2D eigenvalue weighted by molar-refractivity contribution is -0.140. The second-order valence-electron chi connectivity index (χ2n) is 5.97.